The Hall–Kier alpha value is -2.34. The SMILES string of the molecule is CC(NC(=O)CS(=O)(=O)C1CCCC1)c1ccccc1Oc1ccccc1. The van der Waals surface area contributed by atoms with E-state index in [-0.39, 0.29) is 11.3 Å². The highest BCUT2D eigenvalue weighted by Gasteiger charge is 2.31. The molecule has 1 aliphatic carbocycles. The van der Waals surface area contributed by atoms with Crippen molar-refractivity contribution in [1.29, 1.82) is 0 Å². The number of rotatable bonds is 7. The molecule has 27 heavy (non-hydrogen) atoms. The first-order valence-corrected chi connectivity index (χ1v) is 11.0. The molecule has 1 atom stereocenters. The van der Waals surface area contributed by atoms with E-state index in [9.17, 15) is 13.2 Å². The molecule has 1 fully saturated rings. The molecule has 5 nitrogen and oxygen atoms in total. The van der Waals surface area contributed by atoms with Gasteiger partial charge in [0.05, 0.1) is 11.3 Å². The zero-order valence-electron chi connectivity index (χ0n) is 15.4. The molecule has 2 aromatic rings. The molecule has 1 N–H and O–H groups in total. The molecular weight excluding hydrogens is 362 g/mol. The highest BCUT2D eigenvalue weighted by atomic mass is 32.2. The van der Waals surface area contributed by atoms with Gasteiger partial charge in [0.2, 0.25) is 5.91 Å². The lowest BCUT2D eigenvalue weighted by atomic mass is 10.1. The molecule has 0 aromatic heterocycles. The highest BCUT2D eigenvalue weighted by molar-refractivity contribution is 7.92. The average Bonchev–Trinajstić information content (AvgIpc) is 3.18. The maximum Gasteiger partial charge on any atom is 0.235 e. The molecule has 0 aliphatic heterocycles. The first kappa shape index (κ1) is 19.4. The number of sulfone groups is 1. The molecule has 1 amide bonds. The van der Waals surface area contributed by atoms with Gasteiger partial charge in [-0.1, -0.05) is 49.2 Å². The number of para-hydroxylation sites is 2. The molecule has 1 aliphatic rings. The smallest absolute Gasteiger partial charge is 0.235 e. The van der Waals surface area contributed by atoms with Crippen molar-refractivity contribution in [3.63, 3.8) is 0 Å². The van der Waals surface area contributed by atoms with Crippen molar-refractivity contribution < 1.29 is 17.9 Å². The summed E-state index contributed by atoms with van der Waals surface area (Å²) in [5.41, 5.74) is 0.799. The van der Waals surface area contributed by atoms with Crippen LogP contribution in [0.2, 0.25) is 0 Å². The third kappa shape index (κ3) is 5.10. The van der Waals surface area contributed by atoms with Crippen LogP contribution < -0.4 is 10.1 Å². The van der Waals surface area contributed by atoms with E-state index in [1.807, 2.05) is 61.5 Å². The fraction of sp³-hybridized carbons (Fsp3) is 0.381. The molecule has 2 aromatic carbocycles. The summed E-state index contributed by atoms with van der Waals surface area (Å²) >= 11 is 0. The molecule has 0 heterocycles. The number of carbonyl (C=O) groups is 1. The van der Waals surface area contributed by atoms with Crippen molar-refractivity contribution in [1.82, 2.24) is 5.32 Å². The number of carbonyl (C=O) groups excluding carboxylic acids is 1. The third-order valence-electron chi connectivity index (χ3n) is 4.88. The molecular formula is C21H25NO4S. The molecule has 144 valence electrons. The monoisotopic (exact) mass is 387 g/mol. The fourth-order valence-corrected chi connectivity index (χ4v) is 5.19. The van der Waals surface area contributed by atoms with E-state index in [0.717, 1.165) is 18.4 Å². The van der Waals surface area contributed by atoms with Crippen LogP contribution in [0.5, 0.6) is 11.5 Å². The number of hydrogen-bond donors (Lipinski definition) is 1. The molecule has 0 radical (unpaired) electrons. The number of hydrogen-bond acceptors (Lipinski definition) is 4. The van der Waals surface area contributed by atoms with Crippen LogP contribution in [0.3, 0.4) is 0 Å². The van der Waals surface area contributed by atoms with E-state index < -0.39 is 21.5 Å². The Balaban J connectivity index is 1.67. The maximum atomic E-state index is 12.4. The standard InChI is InChI=1S/C21H25NO4S/c1-16(22-21(23)15-27(24,25)18-11-5-6-12-18)19-13-7-8-14-20(19)26-17-9-3-2-4-10-17/h2-4,7-10,13-14,16,18H,5-6,11-12,15H2,1H3,(H,22,23). The zero-order valence-corrected chi connectivity index (χ0v) is 16.2. The van der Waals surface area contributed by atoms with Crippen LogP contribution in [0.15, 0.2) is 54.6 Å². The summed E-state index contributed by atoms with van der Waals surface area (Å²) in [6, 6.07) is 16.5. The highest BCUT2D eigenvalue weighted by Crippen LogP contribution is 2.29. The number of nitrogens with one attached hydrogen (secondary N) is 1. The second-order valence-corrected chi connectivity index (χ2v) is 9.24. The molecule has 0 spiro atoms. The summed E-state index contributed by atoms with van der Waals surface area (Å²) in [7, 11) is -3.39. The van der Waals surface area contributed by atoms with Crippen LogP contribution in [-0.2, 0) is 14.6 Å². The van der Waals surface area contributed by atoms with E-state index in [1.165, 1.54) is 0 Å². The van der Waals surface area contributed by atoms with Gasteiger partial charge in [-0.3, -0.25) is 4.79 Å². The van der Waals surface area contributed by atoms with Gasteiger partial charge >= 0.3 is 0 Å². The number of amides is 1. The molecule has 6 heteroatoms. The van der Waals surface area contributed by atoms with Gasteiger partial charge in [0.25, 0.3) is 0 Å². The van der Waals surface area contributed by atoms with Crippen LogP contribution in [0.25, 0.3) is 0 Å². The van der Waals surface area contributed by atoms with Gasteiger partial charge in [-0.05, 0) is 38.0 Å². The Morgan fingerprint density at radius 3 is 2.41 bits per heavy atom. The van der Waals surface area contributed by atoms with Crippen LogP contribution in [0.1, 0.15) is 44.2 Å². The summed E-state index contributed by atoms with van der Waals surface area (Å²) in [5, 5.41) is 2.44. The minimum absolute atomic E-state index is 0.365. The Bertz CT molecular complexity index is 874. The van der Waals surface area contributed by atoms with Gasteiger partial charge in [0, 0.05) is 5.56 Å². The van der Waals surface area contributed by atoms with E-state index in [1.54, 1.807) is 0 Å². The largest absolute Gasteiger partial charge is 0.457 e. The van der Waals surface area contributed by atoms with Crippen LogP contribution in [-0.4, -0.2) is 25.3 Å². The summed E-state index contributed by atoms with van der Waals surface area (Å²) in [5.74, 6) is 0.412. The molecule has 0 bridgehead atoms. The molecule has 1 saturated carbocycles. The van der Waals surface area contributed by atoms with Gasteiger partial charge in [-0.25, -0.2) is 8.42 Å². The minimum atomic E-state index is -3.39. The van der Waals surface area contributed by atoms with Crippen molar-refractivity contribution in [2.24, 2.45) is 0 Å². The van der Waals surface area contributed by atoms with Crippen molar-refractivity contribution in [3.8, 4) is 11.5 Å². The van der Waals surface area contributed by atoms with Crippen molar-refractivity contribution in [2.75, 3.05) is 5.75 Å². The second-order valence-electron chi connectivity index (χ2n) is 6.96. The van der Waals surface area contributed by atoms with Gasteiger partial charge < -0.3 is 10.1 Å². The van der Waals surface area contributed by atoms with E-state index in [0.29, 0.717) is 24.3 Å². The Morgan fingerprint density at radius 2 is 1.70 bits per heavy atom. The average molecular weight is 388 g/mol. The lowest BCUT2D eigenvalue weighted by Gasteiger charge is -2.19. The predicted molar refractivity (Wildman–Crippen MR) is 106 cm³/mol. The minimum Gasteiger partial charge on any atom is -0.457 e. The topological polar surface area (TPSA) is 72.5 Å². The van der Waals surface area contributed by atoms with E-state index >= 15 is 0 Å². The lowest BCUT2D eigenvalue weighted by Crippen LogP contribution is -2.35. The van der Waals surface area contributed by atoms with E-state index in [4.69, 9.17) is 4.74 Å². The van der Waals surface area contributed by atoms with Gasteiger partial charge in [0.15, 0.2) is 9.84 Å². The Morgan fingerprint density at radius 1 is 1.07 bits per heavy atom. The molecule has 0 saturated heterocycles. The van der Waals surface area contributed by atoms with Gasteiger partial charge in [-0.2, -0.15) is 0 Å². The van der Waals surface area contributed by atoms with Crippen molar-refractivity contribution in [2.45, 2.75) is 43.9 Å². The Kier molecular flexibility index (Phi) is 6.16. The zero-order chi connectivity index (χ0) is 19.3. The van der Waals surface area contributed by atoms with E-state index in [2.05, 4.69) is 5.32 Å². The van der Waals surface area contributed by atoms with Crippen LogP contribution in [0.4, 0.5) is 0 Å². The lowest BCUT2D eigenvalue weighted by molar-refractivity contribution is -0.119. The molecule has 1 unspecified atom stereocenters. The molecule has 3 rings (SSSR count). The quantitative estimate of drug-likeness (QED) is 0.779. The summed E-state index contributed by atoms with van der Waals surface area (Å²) in [4.78, 5) is 12.3. The summed E-state index contributed by atoms with van der Waals surface area (Å²) < 4.78 is 30.7. The maximum absolute atomic E-state index is 12.4. The number of ether oxygens (including phenoxy) is 1. The van der Waals surface area contributed by atoms with Gasteiger partial charge in [0.1, 0.15) is 17.3 Å². The predicted octanol–water partition coefficient (Wildman–Crippen LogP) is 4.01. The van der Waals surface area contributed by atoms with Crippen LogP contribution >= 0.6 is 0 Å². The number of benzene rings is 2. The summed E-state index contributed by atoms with van der Waals surface area (Å²) in [6.07, 6.45) is 3.18. The third-order valence-corrected chi connectivity index (χ3v) is 7.03. The van der Waals surface area contributed by atoms with Crippen LogP contribution in [0, 0.1) is 0 Å². The first-order chi connectivity index (χ1) is 13.0. The van der Waals surface area contributed by atoms with Gasteiger partial charge in [-0.15, -0.1) is 0 Å². The fourth-order valence-electron chi connectivity index (χ4n) is 3.46. The first-order valence-electron chi connectivity index (χ1n) is 9.28. The van der Waals surface area contributed by atoms with Crippen molar-refractivity contribution >= 4 is 15.7 Å². The normalized spacial score (nSPS) is 16.0. The Labute approximate surface area is 160 Å². The summed E-state index contributed by atoms with van der Waals surface area (Å²) in [6.45, 7) is 1.83. The second kappa shape index (κ2) is 8.57. The van der Waals surface area contributed by atoms with Crippen molar-refractivity contribution in [3.05, 3.63) is 60.2 Å².